The Morgan fingerprint density at radius 2 is 1.94 bits per heavy atom. The maximum absolute atomic E-state index is 12.6. The van der Waals surface area contributed by atoms with Crippen LogP contribution in [-0.2, 0) is 9.59 Å². The van der Waals surface area contributed by atoms with E-state index in [0.29, 0.717) is 32.5 Å². The number of carbonyl (C=O) groups is 2. The lowest BCUT2D eigenvalue weighted by Gasteiger charge is -2.29. The van der Waals surface area contributed by atoms with Gasteiger partial charge in [-0.05, 0) is 30.4 Å². The van der Waals surface area contributed by atoms with Crippen molar-refractivity contribution in [1.29, 1.82) is 0 Å². The van der Waals surface area contributed by atoms with Crippen LogP contribution in [0.2, 0.25) is 0 Å². The Morgan fingerprint density at radius 1 is 1.18 bits per heavy atom. The topological polar surface area (TPSA) is 148 Å². The van der Waals surface area contributed by atoms with Crippen LogP contribution in [0.5, 0.6) is 0 Å². The average molecular weight is 451 g/mol. The molecule has 1 aromatic heterocycles. The zero-order chi connectivity index (χ0) is 23.4. The third-order valence-corrected chi connectivity index (χ3v) is 5.88. The molecule has 11 nitrogen and oxygen atoms in total. The lowest BCUT2D eigenvalue weighted by Crippen LogP contribution is -2.46. The van der Waals surface area contributed by atoms with Gasteiger partial charge in [0.2, 0.25) is 23.5 Å². The molecule has 2 aromatic rings. The number of carbonyl (C=O) groups excluding carboxylic acids is 2. The molecule has 3 N–H and O–H groups in total. The molecular weight excluding hydrogens is 426 g/mol. The van der Waals surface area contributed by atoms with E-state index < -0.39 is 22.8 Å². The number of amides is 2. The molecule has 0 aliphatic carbocycles. The second kappa shape index (κ2) is 9.63. The highest BCUT2D eigenvalue weighted by Crippen LogP contribution is 2.38. The van der Waals surface area contributed by atoms with Crippen LogP contribution in [0.15, 0.2) is 42.7 Å². The van der Waals surface area contributed by atoms with Gasteiger partial charge >= 0.3 is 5.69 Å². The molecule has 2 aliphatic rings. The molecule has 0 spiro atoms. The molecule has 1 unspecified atom stereocenters. The maximum atomic E-state index is 12.6. The number of hydrogen-bond donors (Lipinski definition) is 2. The van der Waals surface area contributed by atoms with Gasteiger partial charge in [0.25, 0.3) is 0 Å². The predicted molar refractivity (Wildman–Crippen MR) is 123 cm³/mol. The number of nitrogens with zero attached hydrogens (tertiary/aromatic N) is 5. The van der Waals surface area contributed by atoms with Crippen molar-refractivity contribution in [2.45, 2.75) is 25.3 Å². The highest BCUT2D eigenvalue weighted by Gasteiger charge is 2.38. The first-order valence-corrected chi connectivity index (χ1v) is 10.8. The minimum atomic E-state index is -0.670. The quantitative estimate of drug-likeness (QED) is 0.472. The summed E-state index contributed by atoms with van der Waals surface area (Å²) >= 11 is 0. The number of nitrogens with one attached hydrogen (secondary N) is 1. The normalized spacial score (nSPS) is 18.1. The fourth-order valence-corrected chi connectivity index (χ4v) is 4.33. The monoisotopic (exact) mass is 451 g/mol. The van der Waals surface area contributed by atoms with Gasteiger partial charge in [0.15, 0.2) is 0 Å². The van der Waals surface area contributed by atoms with E-state index in [9.17, 15) is 19.7 Å². The summed E-state index contributed by atoms with van der Waals surface area (Å²) in [5.74, 6) is -0.721. The van der Waals surface area contributed by atoms with Crippen LogP contribution in [0.1, 0.15) is 24.8 Å². The zero-order valence-corrected chi connectivity index (χ0v) is 18.0. The minimum Gasteiger partial charge on any atom is -0.368 e. The third kappa shape index (κ3) is 4.76. The second-order valence-electron chi connectivity index (χ2n) is 7.95. The van der Waals surface area contributed by atoms with Crippen molar-refractivity contribution < 1.29 is 14.5 Å². The number of anilines is 2. The van der Waals surface area contributed by atoms with Crippen LogP contribution in [0.25, 0.3) is 5.57 Å². The van der Waals surface area contributed by atoms with E-state index in [2.05, 4.69) is 21.4 Å². The van der Waals surface area contributed by atoms with Gasteiger partial charge < -0.3 is 20.9 Å². The number of aromatic nitrogens is 2. The van der Waals surface area contributed by atoms with Crippen LogP contribution >= 0.6 is 0 Å². The van der Waals surface area contributed by atoms with Crippen molar-refractivity contribution >= 4 is 34.7 Å². The molecule has 2 amide bonds. The fraction of sp³-hybridized carbons (Fsp3) is 0.364. The Labute approximate surface area is 190 Å². The van der Waals surface area contributed by atoms with Gasteiger partial charge in [0, 0.05) is 19.6 Å². The highest BCUT2D eigenvalue weighted by atomic mass is 16.6. The SMILES string of the molecule is NC(=O)CNC(=O)C1CCCN1c1ncnc(N2CC=C(c3ccccc3)CC2)c1[N+](=O)[O-]. The summed E-state index contributed by atoms with van der Waals surface area (Å²) in [5.41, 5.74) is 7.22. The third-order valence-electron chi connectivity index (χ3n) is 5.88. The van der Waals surface area contributed by atoms with E-state index in [-0.39, 0.29) is 23.9 Å². The second-order valence-corrected chi connectivity index (χ2v) is 7.95. The molecule has 1 atom stereocenters. The van der Waals surface area contributed by atoms with Crippen LogP contribution in [0, 0.1) is 10.1 Å². The molecule has 11 heteroatoms. The van der Waals surface area contributed by atoms with Gasteiger partial charge in [-0.25, -0.2) is 9.97 Å². The number of nitro groups is 1. The number of benzene rings is 1. The highest BCUT2D eigenvalue weighted by molar-refractivity contribution is 5.90. The summed E-state index contributed by atoms with van der Waals surface area (Å²) < 4.78 is 0. The fourth-order valence-electron chi connectivity index (χ4n) is 4.33. The van der Waals surface area contributed by atoms with E-state index in [1.165, 1.54) is 11.9 Å². The van der Waals surface area contributed by atoms with Crippen molar-refractivity contribution in [1.82, 2.24) is 15.3 Å². The van der Waals surface area contributed by atoms with Gasteiger partial charge in [-0.3, -0.25) is 19.7 Å². The number of hydrogen-bond acceptors (Lipinski definition) is 8. The van der Waals surface area contributed by atoms with E-state index in [1.54, 1.807) is 4.90 Å². The summed E-state index contributed by atoms with van der Waals surface area (Å²) in [5, 5.41) is 14.6. The van der Waals surface area contributed by atoms with Crippen molar-refractivity contribution in [3.63, 3.8) is 0 Å². The molecule has 2 aliphatic heterocycles. The molecule has 1 aromatic carbocycles. The van der Waals surface area contributed by atoms with E-state index in [0.717, 1.165) is 12.0 Å². The smallest absolute Gasteiger partial charge is 0.353 e. The lowest BCUT2D eigenvalue weighted by molar-refractivity contribution is -0.383. The lowest BCUT2D eigenvalue weighted by atomic mass is 9.99. The zero-order valence-electron chi connectivity index (χ0n) is 18.0. The molecule has 172 valence electrons. The summed E-state index contributed by atoms with van der Waals surface area (Å²) in [6.45, 7) is 1.19. The molecule has 0 radical (unpaired) electrons. The summed E-state index contributed by atoms with van der Waals surface area (Å²) in [7, 11) is 0. The van der Waals surface area contributed by atoms with Crippen molar-refractivity contribution in [3.8, 4) is 0 Å². The first-order chi connectivity index (χ1) is 16.0. The Balaban J connectivity index is 1.60. The van der Waals surface area contributed by atoms with E-state index >= 15 is 0 Å². The van der Waals surface area contributed by atoms with Gasteiger partial charge in [-0.15, -0.1) is 0 Å². The largest absolute Gasteiger partial charge is 0.368 e. The molecule has 4 rings (SSSR count). The summed E-state index contributed by atoms with van der Waals surface area (Å²) in [4.78, 5) is 47.1. The van der Waals surface area contributed by atoms with Gasteiger partial charge in [0.05, 0.1) is 11.5 Å². The Morgan fingerprint density at radius 3 is 2.61 bits per heavy atom. The summed E-state index contributed by atoms with van der Waals surface area (Å²) in [6.07, 6.45) is 5.24. The average Bonchev–Trinajstić information content (AvgIpc) is 3.32. The predicted octanol–water partition coefficient (Wildman–Crippen LogP) is 1.25. The number of primary amides is 1. The first-order valence-electron chi connectivity index (χ1n) is 10.8. The summed E-state index contributed by atoms with van der Waals surface area (Å²) in [6, 6.07) is 9.35. The standard InChI is InChI=1S/C22H25N7O4/c23-18(30)13-24-22(31)17-7-4-10-28(17)21-19(29(32)33)20(25-14-26-21)27-11-8-16(9-12-27)15-5-2-1-3-6-15/h1-3,5-6,8,14,17H,4,7,9-13H2,(H2,23,30)(H,24,31). The first kappa shape index (κ1) is 22.2. The van der Waals surface area contributed by atoms with Crippen LogP contribution in [0.3, 0.4) is 0 Å². The molecular formula is C22H25N7O4. The van der Waals surface area contributed by atoms with E-state index in [4.69, 9.17) is 5.73 Å². The van der Waals surface area contributed by atoms with Crippen molar-refractivity contribution in [2.24, 2.45) is 5.73 Å². The van der Waals surface area contributed by atoms with Crippen molar-refractivity contribution in [2.75, 3.05) is 36.0 Å². The molecule has 0 saturated carbocycles. The van der Waals surface area contributed by atoms with Crippen molar-refractivity contribution in [3.05, 3.63) is 58.4 Å². The Bertz CT molecular complexity index is 1090. The molecule has 33 heavy (non-hydrogen) atoms. The molecule has 3 heterocycles. The Kier molecular flexibility index (Phi) is 6.48. The molecule has 0 bridgehead atoms. The van der Waals surface area contributed by atoms with Crippen LogP contribution in [-0.4, -0.2) is 58.9 Å². The molecule has 1 fully saturated rings. The number of nitrogens with two attached hydrogens (primary N) is 1. The Hall–Kier alpha value is -4.02. The van der Waals surface area contributed by atoms with Gasteiger partial charge in [-0.2, -0.15) is 0 Å². The number of rotatable bonds is 7. The van der Waals surface area contributed by atoms with E-state index in [1.807, 2.05) is 35.2 Å². The maximum Gasteiger partial charge on any atom is 0.353 e. The van der Waals surface area contributed by atoms with Crippen LogP contribution < -0.4 is 20.9 Å². The minimum absolute atomic E-state index is 0.111. The van der Waals surface area contributed by atoms with Crippen LogP contribution in [0.4, 0.5) is 17.3 Å². The van der Waals surface area contributed by atoms with Gasteiger partial charge in [-0.1, -0.05) is 36.4 Å². The van der Waals surface area contributed by atoms with Gasteiger partial charge in [0.1, 0.15) is 12.4 Å². The molecule has 1 saturated heterocycles.